The van der Waals surface area contributed by atoms with Crippen LogP contribution in [-0.4, -0.2) is 58.6 Å². The number of nitrogens with one attached hydrogen (secondary N) is 2. The summed E-state index contributed by atoms with van der Waals surface area (Å²) in [6.07, 6.45) is 1.41. The molecule has 9 heteroatoms. The molecular formula is C29H30ClN3O5. The number of fused-ring (bicyclic) bond motifs is 1. The van der Waals surface area contributed by atoms with Gasteiger partial charge in [0.05, 0.1) is 30.4 Å². The van der Waals surface area contributed by atoms with Crippen LogP contribution in [0.5, 0.6) is 11.5 Å². The Bertz CT molecular complexity index is 1370. The Morgan fingerprint density at radius 1 is 1.03 bits per heavy atom. The molecule has 2 atom stereocenters. The molecule has 0 aliphatic carbocycles. The highest BCUT2D eigenvalue weighted by atomic mass is 35.5. The van der Waals surface area contributed by atoms with Gasteiger partial charge in [-0.05, 0) is 60.0 Å². The van der Waals surface area contributed by atoms with Crippen LogP contribution in [0.15, 0.2) is 79.0 Å². The smallest absolute Gasteiger partial charge is 0.253 e. The number of aliphatic hydroxyl groups excluding tert-OH is 3. The number of nitrogens with zero attached hydrogens (tertiary/aromatic N) is 1. The third kappa shape index (κ3) is 7.06. The van der Waals surface area contributed by atoms with Crippen LogP contribution in [0, 0.1) is 0 Å². The maximum Gasteiger partial charge on any atom is 0.253 e. The highest BCUT2D eigenvalue weighted by Gasteiger charge is 2.15. The monoisotopic (exact) mass is 535 g/mol. The molecule has 4 rings (SSSR count). The van der Waals surface area contributed by atoms with Gasteiger partial charge < -0.3 is 30.7 Å². The van der Waals surface area contributed by atoms with Gasteiger partial charge in [0, 0.05) is 35.7 Å². The van der Waals surface area contributed by atoms with E-state index >= 15 is 0 Å². The van der Waals surface area contributed by atoms with E-state index in [2.05, 4.69) is 15.6 Å². The lowest BCUT2D eigenvalue weighted by Gasteiger charge is -2.19. The summed E-state index contributed by atoms with van der Waals surface area (Å²) in [6, 6.07) is 21.4. The van der Waals surface area contributed by atoms with Crippen molar-refractivity contribution in [1.29, 1.82) is 0 Å². The van der Waals surface area contributed by atoms with Crippen LogP contribution in [0.25, 0.3) is 10.9 Å². The Kier molecular flexibility index (Phi) is 9.64. The zero-order valence-electron chi connectivity index (χ0n) is 20.7. The standard InChI is InChI=1S/C29H30ClN3O5/c30-21-4-1-3-20(16-21)26(36)17-33-22(18-35)15-19-7-9-23(10-8-19)38-27-11-12-31-28-24(27)5-2-6-25(28)29(37)32-13-14-34/h1-12,16,22,26,33-36H,13-15,17-18H2,(H,32,37)/t22-,26-/m0/s1. The number of rotatable bonds is 12. The molecule has 3 aromatic carbocycles. The van der Waals surface area contributed by atoms with E-state index in [1.807, 2.05) is 36.4 Å². The number of ether oxygens (including phenoxy) is 1. The molecule has 5 N–H and O–H groups in total. The van der Waals surface area contributed by atoms with Gasteiger partial charge in [-0.1, -0.05) is 41.9 Å². The normalized spacial score (nSPS) is 12.7. The second kappa shape index (κ2) is 13.3. The molecule has 0 aliphatic heterocycles. The van der Waals surface area contributed by atoms with E-state index in [9.17, 15) is 15.0 Å². The number of hydrogen-bond donors (Lipinski definition) is 5. The molecule has 0 spiro atoms. The number of amides is 1. The fourth-order valence-corrected chi connectivity index (χ4v) is 4.30. The molecule has 1 aromatic heterocycles. The largest absolute Gasteiger partial charge is 0.457 e. The fourth-order valence-electron chi connectivity index (χ4n) is 4.10. The van der Waals surface area contributed by atoms with E-state index in [0.717, 1.165) is 5.56 Å². The number of pyridine rings is 1. The number of aliphatic hydroxyl groups is 3. The van der Waals surface area contributed by atoms with E-state index < -0.39 is 6.10 Å². The van der Waals surface area contributed by atoms with Gasteiger partial charge in [-0.25, -0.2) is 0 Å². The number of aromatic nitrogens is 1. The molecule has 1 heterocycles. The zero-order chi connectivity index (χ0) is 26.9. The van der Waals surface area contributed by atoms with Gasteiger partial charge in [-0.15, -0.1) is 0 Å². The number of hydrogen-bond acceptors (Lipinski definition) is 7. The summed E-state index contributed by atoms with van der Waals surface area (Å²) in [5.41, 5.74) is 2.61. The molecule has 8 nitrogen and oxygen atoms in total. The van der Waals surface area contributed by atoms with Crippen molar-refractivity contribution >= 4 is 28.4 Å². The van der Waals surface area contributed by atoms with Gasteiger partial charge in [0.25, 0.3) is 5.91 Å². The van der Waals surface area contributed by atoms with Crippen LogP contribution in [-0.2, 0) is 6.42 Å². The minimum atomic E-state index is -0.741. The molecule has 4 aromatic rings. The van der Waals surface area contributed by atoms with E-state index in [1.165, 1.54) is 0 Å². The van der Waals surface area contributed by atoms with Crippen molar-refractivity contribution < 1.29 is 24.9 Å². The molecule has 0 aliphatic rings. The Hall–Kier alpha value is -3.53. The zero-order valence-corrected chi connectivity index (χ0v) is 21.4. The van der Waals surface area contributed by atoms with E-state index in [1.54, 1.807) is 42.6 Å². The van der Waals surface area contributed by atoms with Crippen LogP contribution in [0.2, 0.25) is 5.02 Å². The van der Waals surface area contributed by atoms with Crippen molar-refractivity contribution in [2.24, 2.45) is 0 Å². The Labute approximate surface area is 225 Å². The topological polar surface area (TPSA) is 124 Å². The average molecular weight is 536 g/mol. The number of carbonyl (C=O) groups is 1. The number of carbonyl (C=O) groups excluding carboxylic acids is 1. The molecule has 0 radical (unpaired) electrons. The lowest BCUT2D eigenvalue weighted by atomic mass is 10.0. The third-order valence-corrected chi connectivity index (χ3v) is 6.30. The molecule has 0 fully saturated rings. The summed E-state index contributed by atoms with van der Waals surface area (Å²) in [5, 5.41) is 36.4. The quantitative estimate of drug-likeness (QED) is 0.188. The van der Waals surface area contributed by atoms with Crippen molar-refractivity contribution in [3.8, 4) is 11.5 Å². The predicted octanol–water partition coefficient (Wildman–Crippen LogP) is 3.63. The Morgan fingerprint density at radius 3 is 2.55 bits per heavy atom. The lowest BCUT2D eigenvalue weighted by Crippen LogP contribution is -2.37. The van der Waals surface area contributed by atoms with Crippen LogP contribution in [0.3, 0.4) is 0 Å². The molecule has 0 saturated heterocycles. The minimum absolute atomic E-state index is 0.0856. The summed E-state index contributed by atoms with van der Waals surface area (Å²) in [6.45, 7) is 0.209. The summed E-state index contributed by atoms with van der Waals surface area (Å²) < 4.78 is 6.11. The van der Waals surface area contributed by atoms with Gasteiger partial charge in [0.2, 0.25) is 0 Å². The Balaban J connectivity index is 1.40. The SMILES string of the molecule is O=C(NCCO)c1cccc2c(Oc3ccc(C[C@@H](CO)NC[C@H](O)c4cccc(Cl)c4)cc3)ccnc12. The lowest BCUT2D eigenvalue weighted by molar-refractivity contribution is 0.0946. The number of para-hydroxylation sites is 1. The summed E-state index contributed by atoms with van der Waals surface area (Å²) in [4.78, 5) is 16.8. The number of benzene rings is 3. The summed E-state index contributed by atoms with van der Waals surface area (Å²) in [7, 11) is 0. The molecule has 198 valence electrons. The van der Waals surface area contributed by atoms with Gasteiger partial charge >= 0.3 is 0 Å². The minimum Gasteiger partial charge on any atom is -0.457 e. The van der Waals surface area contributed by atoms with Gasteiger partial charge in [0.1, 0.15) is 11.5 Å². The first-order chi connectivity index (χ1) is 18.5. The maximum absolute atomic E-state index is 12.5. The van der Waals surface area contributed by atoms with Gasteiger partial charge in [0.15, 0.2) is 0 Å². The van der Waals surface area contributed by atoms with Crippen molar-refractivity contribution in [3.63, 3.8) is 0 Å². The highest BCUT2D eigenvalue weighted by molar-refractivity contribution is 6.30. The third-order valence-electron chi connectivity index (χ3n) is 6.06. The second-order valence-corrected chi connectivity index (χ2v) is 9.24. The van der Waals surface area contributed by atoms with Gasteiger partial charge in [-0.3, -0.25) is 9.78 Å². The molecule has 0 saturated carbocycles. The molecule has 0 bridgehead atoms. The van der Waals surface area contributed by atoms with Gasteiger partial charge in [-0.2, -0.15) is 0 Å². The highest BCUT2D eigenvalue weighted by Crippen LogP contribution is 2.30. The van der Waals surface area contributed by atoms with Crippen LogP contribution < -0.4 is 15.4 Å². The van der Waals surface area contributed by atoms with E-state index in [4.69, 9.17) is 21.4 Å². The summed E-state index contributed by atoms with van der Waals surface area (Å²) >= 11 is 6.01. The number of halogens is 1. The maximum atomic E-state index is 12.5. The predicted molar refractivity (Wildman–Crippen MR) is 147 cm³/mol. The first-order valence-corrected chi connectivity index (χ1v) is 12.7. The molecule has 0 unspecified atom stereocenters. The van der Waals surface area contributed by atoms with Crippen molar-refractivity contribution in [2.75, 3.05) is 26.3 Å². The Morgan fingerprint density at radius 2 is 1.82 bits per heavy atom. The first-order valence-electron chi connectivity index (χ1n) is 12.3. The second-order valence-electron chi connectivity index (χ2n) is 8.80. The summed E-state index contributed by atoms with van der Waals surface area (Å²) in [5.74, 6) is 0.858. The molecule has 1 amide bonds. The van der Waals surface area contributed by atoms with Crippen LogP contribution in [0.1, 0.15) is 27.6 Å². The van der Waals surface area contributed by atoms with Crippen molar-refractivity contribution in [1.82, 2.24) is 15.6 Å². The van der Waals surface area contributed by atoms with E-state index in [-0.39, 0.29) is 38.3 Å². The van der Waals surface area contributed by atoms with E-state index in [0.29, 0.717) is 45.0 Å². The molecule has 38 heavy (non-hydrogen) atoms. The average Bonchev–Trinajstić information content (AvgIpc) is 2.94. The van der Waals surface area contributed by atoms with Crippen molar-refractivity contribution in [2.45, 2.75) is 18.6 Å². The molecular weight excluding hydrogens is 506 g/mol. The van der Waals surface area contributed by atoms with Crippen molar-refractivity contribution in [3.05, 3.63) is 101 Å². The van der Waals surface area contributed by atoms with Crippen LogP contribution in [0.4, 0.5) is 0 Å². The van der Waals surface area contributed by atoms with Crippen LogP contribution >= 0.6 is 11.6 Å². The fraction of sp³-hybridized carbons (Fsp3) is 0.241. The first kappa shape index (κ1) is 27.5.